The highest BCUT2D eigenvalue weighted by Crippen LogP contribution is 2.28. The zero-order valence-corrected chi connectivity index (χ0v) is 10.3. The van der Waals surface area contributed by atoms with E-state index in [1.807, 2.05) is 0 Å². The molecule has 0 heterocycles. The van der Waals surface area contributed by atoms with E-state index in [4.69, 9.17) is 10.5 Å². The third-order valence-electron chi connectivity index (χ3n) is 2.02. The van der Waals surface area contributed by atoms with Gasteiger partial charge in [-0.15, -0.1) is 12.4 Å². The fourth-order valence-corrected chi connectivity index (χ4v) is 1.32. The van der Waals surface area contributed by atoms with Gasteiger partial charge in [-0.25, -0.2) is 0 Å². The van der Waals surface area contributed by atoms with E-state index in [9.17, 15) is 18.0 Å². The molecule has 0 saturated carbocycles. The molecule has 18 heavy (non-hydrogen) atoms. The highest BCUT2D eigenvalue weighted by molar-refractivity contribution is 5.85. The van der Waals surface area contributed by atoms with Gasteiger partial charge in [-0.2, -0.15) is 13.2 Å². The molecule has 0 spiro atoms. The largest absolute Gasteiger partial charge is 0.427 e. The standard InChI is InChI=1S/C11H12F3NO2.ClH/c1-7(16)17-9-4-2-8(3-5-9)10(15)6-11(12,13)14;/h2-5,10H,6,15H2,1H3;1H/t10-;/m0./s1. The van der Waals surface area contributed by atoms with Gasteiger partial charge in [-0.3, -0.25) is 4.79 Å². The molecule has 102 valence electrons. The number of ether oxygens (including phenoxy) is 1. The summed E-state index contributed by atoms with van der Waals surface area (Å²) in [5.74, 6) is -0.210. The van der Waals surface area contributed by atoms with E-state index in [2.05, 4.69) is 0 Å². The smallest absolute Gasteiger partial charge is 0.390 e. The second-order valence-corrected chi connectivity index (χ2v) is 3.59. The summed E-state index contributed by atoms with van der Waals surface area (Å²) in [4.78, 5) is 10.6. The number of hydrogen-bond acceptors (Lipinski definition) is 3. The second-order valence-electron chi connectivity index (χ2n) is 3.59. The quantitative estimate of drug-likeness (QED) is 0.685. The molecule has 1 atom stereocenters. The van der Waals surface area contributed by atoms with Crippen LogP contribution in [0.4, 0.5) is 13.2 Å². The van der Waals surface area contributed by atoms with E-state index in [-0.39, 0.29) is 18.2 Å². The molecule has 0 aliphatic carbocycles. The van der Waals surface area contributed by atoms with Crippen molar-refractivity contribution in [2.24, 2.45) is 5.73 Å². The number of carbonyl (C=O) groups excluding carboxylic acids is 1. The van der Waals surface area contributed by atoms with Crippen molar-refractivity contribution in [3.63, 3.8) is 0 Å². The Morgan fingerprint density at radius 2 is 1.83 bits per heavy atom. The molecule has 3 nitrogen and oxygen atoms in total. The van der Waals surface area contributed by atoms with Gasteiger partial charge in [-0.1, -0.05) is 12.1 Å². The number of hydrogen-bond donors (Lipinski definition) is 1. The Morgan fingerprint density at radius 1 is 1.33 bits per heavy atom. The van der Waals surface area contributed by atoms with Crippen LogP contribution in [-0.2, 0) is 4.79 Å². The Hall–Kier alpha value is -1.27. The number of benzene rings is 1. The minimum absolute atomic E-state index is 0. The maximum Gasteiger partial charge on any atom is 0.390 e. The van der Waals surface area contributed by atoms with Gasteiger partial charge >= 0.3 is 12.1 Å². The SMILES string of the molecule is CC(=O)Oc1ccc([C@@H](N)CC(F)(F)F)cc1.Cl. The summed E-state index contributed by atoms with van der Waals surface area (Å²) < 4.78 is 41.0. The third-order valence-corrected chi connectivity index (χ3v) is 2.02. The van der Waals surface area contributed by atoms with E-state index in [1.165, 1.54) is 31.2 Å². The van der Waals surface area contributed by atoms with Crippen LogP contribution in [0, 0.1) is 0 Å². The van der Waals surface area contributed by atoms with Gasteiger partial charge in [0.1, 0.15) is 5.75 Å². The molecule has 2 N–H and O–H groups in total. The summed E-state index contributed by atoms with van der Waals surface area (Å²) in [5.41, 5.74) is 5.75. The first kappa shape index (κ1) is 16.7. The molecule has 0 unspecified atom stereocenters. The highest BCUT2D eigenvalue weighted by atomic mass is 35.5. The lowest BCUT2D eigenvalue weighted by Gasteiger charge is -2.14. The lowest BCUT2D eigenvalue weighted by Crippen LogP contribution is -2.20. The molecule has 7 heteroatoms. The molecule has 0 aliphatic heterocycles. The van der Waals surface area contributed by atoms with Gasteiger partial charge in [0, 0.05) is 13.0 Å². The van der Waals surface area contributed by atoms with E-state index in [0.717, 1.165) is 0 Å². The maximum absolute atomic E-state index is 12.1. The van der Waals surface area contributed by atoms with Crippen LogP contribution in [0.25, 0.3) is 0 Å². The summed E-state index contributed by atoms with van der Waals surface area (Å²) >= 11 is 0. The van der Waals surface area contributed by atoms with Gasteiger partial charge in [0.25, 0.3) is 0 Å². The van der Waals surface area contributed by atoms with Crippen LogP contribution in [-0.4, -0.2) is 12.1 Å². The molecule has 0 bridgehead atoms. The van der Waals surface area contributed by atoms with Gasteiger partial charge < -0.3 is 10.5 Å². The van der Waals surface area contributed by atoms with Gasteiger partial charge in [-0.05, 0) is 17.7 Å². The van der Waals surface area contributed by atoms with Crippen molar-refractivity contribution in [2.45, 2.75) is 25.6 Å². The predicted octanol–water partition coefficient (Wildman–Crippen LogP) is 2.99. The van der Waals surface area contributed by atoms with E-state index in [0.29, 0.717) is 5.56 Å². The van der Waals surface area contributed by atoms with Crippen molar-refractivity contribution >= 4 is 18.4 Å². The number of esters is 1. The van der Waals surface area contributed by atoms with Crippen molar-refractivity contribution in [2.75, 3.05) is 0 Å². The minimum Gasteiger partial charge on any atom is -0.427 e. The first-order chi connectivity index (χ1) is 7.78. The third kappa shape index (κ3) is 5.88. The number of alkyl halides is 3. The molecule has 1 aromatic rings. The maximum atomic E-state index is 12.1. The number of rotatable bonds is 3. The fourth-order valence-electron chi connectivity index (χ4n) is 1.32. The Labute approximate surface area is 109 Å². The van der Waals surface area contributed by atoms with Gasteiger partial charge in [0.2, 0.25) is 0 Å². The molecule has 0 aliphatic rings. The molecule has 0 aromatic heterocycles. The van der Waals surface area contributed by atoms with E-state index < -0.39 is 24.6 Å². The number of nitrogens with two attached hydrogens (primary N) is 1. The first-order valence-electron chi connectivity index (χ1n) is 4.88. The van der Waals surface area contributed by atoms with Crippen LogP contribution in [0.1, 0.15) is 24.9 Å². The zero-order valence-electron chi connectivity index (χ0n) is 9.53. The topological polar surface area (TPSA) is 52.3 Å². The molecule has 0 radical (unpaired) electrons. The molecule has 1 rings (SSSR count). The molecular weight excluding hydrogens is 271 g/mol. The molecule has 0 saturated heterocycles. The van der Waals surface area contributed by atoms with Gasteiger partial charge in [0.05, 0.1) is 6.42 Å². The monoisotopic (exact) mass is 283 g/mol. The van der Waals surface area contributed by atoms with Crippen molar-refractivity contribution in [1.29, 1.82) is 0 Å². The molecule has 1 aromatic carbocycles. The van der Waals surface area contributed by atoms with Crippen LogP contribution in [0.15, 0.2) is 24.3 Å². The van der Waals surface area contributed by atoms with Crippen LogP contribution < -0.4 is 10.5 Å². The Balaban J connectivity index is 0.00000289. The van der Waals surface area contributed by atoms with Gasteiger partial charge in [0.15, 0.2) is 0 Å². The lowest BCUT2D eigenvalue weighted by atomic mass is 10.0. The summed E-state index contributed by atoms with van der Waals surface area (Å²) in [7, 11) is 0. The number of halogens is 4. The van der Waals surface area contributed by atoms with E-state index >= 15 is 0 Å². The van der Waals surface area contributed by atoms with Crippen molar-refractivity contribution in [3.05, 3.63) is 29.8 Å². The lowest BCUT2D eigenvalue weighted by molar-refractivity contribution is -0.138. The fraction of sp³-hybridized carbons (Fsp3) is 0.364. The van der Waals surface area contributed by atoms with Crippen LogP contribution >= 0.6 is 12.4 Å². The summed E-state index contributed by atoms with van der Waals surface area (Å²) in [6.45, 7) is 1.24. The zero-order chi connectivity index (χ0) is 13.1. The normalized spacial score (nSPS) is 12.5. The van der Waals surface area contributed by atoms with Crippen molar-refractivity contribution in [3.8, 4) is 5.75 Å². The molecule has 0 amide bonds. The molecule has 0 fully saturated rings. The minimum atomic E-state index is -4.30. The Kier molecular flexibility index (Phi) is 6.14. The first-order valence-corrected chi connectivity index (χ1v) is 4.88. The van der Waals surface area contributed by atoms with E-state index in [1.54, 1.807) is 0 Å². The number of carbonyl (C=O) groups is 1. The average molecular weight is 284 g/mol. The van der Waals surface area contributed by atoms with Crippen LogP contribution in [0.2, 0.25) is 0 Å². The van der Waals surface area contributed by atoms with Crippen molar-refractivity contribution < 1.29 is 22.7 Å². The predicted molar refractivity (Wildman–Crippen MR) is 62.6 cm³/mol. The van der Waals surface area contributed by atoms with Crippen molar-refractivity contribution in [1.82, 2.24) is 0 Å². The molecular formula is C11H13ClF3NO2. The Bertz CT molecular complexity index is 392. The summed E-state index contributed by atoms with van der Waals surface area (Å²) in [6.07, 6.45) is -5.38. The second kappa shape index (κ2) is 6.61. The van der Waals surface area contributed by atoms with Crippen LogP contribution in [0.5, 0.6) is 5.75 Å². The highest BCUT2D eigenvalue weighted by Gasteiger charge is 2.30. The summed E-state index contributed by atoms with van der Waals surface area (Å²) in [6, 6.07) is 4.53. The average Bonchev–Trinajstić information content (AvgIpc) is 2.15. The van der Waals surface area contributed by atoms with Crippen LogP contribution in [0.3, 0.4) is 0 Å². The summed E-state index contributed by atoms with van der Waals surface area (Å²) in [5, 5.41) is 0. The Morgan fingerprint density at radius 3 is 2.22 bits per heavy atom.